The van der Waals surface area contributed by atoms with Gasteiger partial charge >= 0.3 is 0 Å². The second-order valence-corrected chi connectivity index (χ2v) is 7.44. The Morgan fingerprint density at radius 2 is 1.41 bits per heavy atom. The zero-order valence-corrected chi connectivity index (χ0v) is 18.3. The predicted molar refractivity (Wildman–Crippen MR) is 126 cm³/mol. The molecule has 4 rings (SSSR count). The summed E-state index contributed by atoms with van der Waals surface area (Å²) in [6.45, 7) is 5.42. The second kappa shape index (κ2) is 9.52. The molecule has 0 radical (unpaired) electrons. The summed E-state index contributed by atoms with van der Waals surface area (Å²) < 4.78 is 5.73. The van der Waals surface area contributed by atoms with Gasteiger partial charge in [-0.05, 0) is 37.1 Å². The highest BCUT2D eigenvalue weighted by molar-refractivity contribution is 6.45. The van der Waals surface area contributed by atoms with Gasteiger partial charge in [-0.3, -0.25) is 9.59 Å². The maximum atomic E-state index is 13.8. The quantitative estimate of drug-likeness (QED) is 0.481. The summed E-state index contributed by atoms with van der Waals surface area (Å²) in [5.74, 6) is -0.162. The van der Waals surface area contributed by atoms with Crippen molar-refractivity contribution in [3.05, 3.63) is 102 Å². The highest BCUT2D eigenvalue weighted by Crippen LogP contribution is 2.38. The van der Waals surface area contributed by atoms with Crippen LogP contribution < -0.4 is 9.64 Å². The molecule has 32 heavy (non-hydrogen) atoms. The molecule has 0 N–H and O–H groups in total. The van der Waals surface area contributed by atoms with Crippen LogP contribution in [0, 0.1) is 0 Å². The number of anilines is 1. The molecule has 0 fully saturated rings. The van der Waals surface area contributed by atoms with Crippen LogP contribution in [0.4, 0.5) is 5.69 Å². The third kappa shape index (κ3) is 4.02. The molecule has 3 aromatic rings. The van der Waals surface area contributed by atoms with E-state index in [1.807, 2.05) is 85.5 Å². The molecule has 1 aliphatic rings. The molecule has 5 heteroatoms. The average molecular weight is 427 g/mol. The van der Waals surface area contributed by atoms with Crippen molar-refractivity contribution in [2.24, 2.45) is 0 Å². The summed E-state index contributed by atoms with van der Waals surface area (Å²) in [5, 5.41) is 0. The summed E-state index contributed by atoms with van der Waals surface area (Å²) in [7, 11) is 0. The van der Waals surface area contributed by atoms with E-state index in [0.29, 0.717) is 42.4 Å². The zero-order chi connectivity index (χ0) is 22.5. The van der Waals surface area contributed by atoms with Crippen LogP contribution in [0.2, 0.25) is 0 Å². The molecule has 1 aliphatic heterocycles. The predicted octanol–water partition coefficient (Wildman–Crippen LogP) is 4.89. The van der Waals surface area contributed by atoms with Gasteiger partial charge in [0.25, 0.3) is 11.8 Å². The third-order valence-electron chi connectivity index (χ3n) is 5.44. The normalized spacial score (nSPS) is 13.6. The second-order valence-electron chi connectivity index (χ2n) is 7.44. The van der Waals surface area contributed by atoms with Crippen LogP contribution in [0.15, 0.2) is 90.6 Å². The zero-order valence-electron chi connectivity index (χ0n) is 18.3. The summed E-state index contributed by atoms with van der Waals surface area (Å²) >= 11 is 0. The van der Waals surface area contributed by atoms with Crippen molar-refractivity contribution in [2.75, 3.05) is 18.1 Å². The number of ether oxygens (including phenoxy) is 1. The summed E-state index contributed by atoms with van der Waals surface area (Å²) in [6.07, 6.45) is 0. The molecule has 0 atom stereocenters. The lowest BCUT2D eigenvalue weighted by atomic mass is 10.0. The lowest BCUT2D eigenvalue weighted by molar-refractivity contribution is -0.120. The lowest BCUT2D eigenvalue weighted by Gasteiger charge is -2.25. The molecule has 0 bridgehead atoms. The van der Waals surface area contributed by atoms with Gasteiger partial charge in [-0.15, -0.1) is 0 Å². The number of hydrogen-bond acceptors (Lipinski definition) is 4. The van der Waals surface area contributed by atoms with Crippen molar-refractivity contribution >= 4 is 23.1 Å². The molecule has 0 saturated carbocycles. The van der Waals surface area contributed by atoms with Crippen molar-refractivity contribution in [2.45, 2.75) is 20.4 Å². The van der Waals surface area contributed by atoms with Crippen LogP contribution in [0.3, 0.4) is 0 Å². The molecule has 0 saturated heterocycles. The van der Waals surface area contributed by atoms with Crippen LogP contribution in [0.25, 0.3) is 5.57 Å². The number of para-hydroxylation sites is 2. The fraction of sp³-hybridized carbons (Fsp3) is 0.185. The van der Waals surface area contributed by atoms with E-state index in [1.165, 1.54) is 4.90 Å². The maximum Gasteiger partial charge on any atom is 0.282 e. The molecule has 162 valence electrons. The standard InChI is InChI=1S/C27H26N2O3/c1-3-28(19-20-13-7-5-8-14-20)25-24(21-15-9-6-10-16-21)26(30)29(27(25)31)22-17-11-12-18-23(22)32-4-2/h5-18H,3-4,19H2,1-2H3. The molecule has 3 aromatic carbocycles. The monoisotopic (exact) mass is 426 g/mol. The van der Waals surface area contributed by atoms with E-state index < -0.39 is 0 Å². The molecule has 0 aliphatic carbocycles. The Balaban J connectivity index is 1.83. The van der Waals surface area contributed by atoms with Crippen LogP contribution in [-0.2, 0) is 16.1 Å². The van der Waals surface area contributed by atoms with Crippen molar-refractivity contribution in [1.29, 1.82) is 0 Å². The van der Waals surface area contributed by atoms with Crippen LogP contribution in [0.1, 0.15) is 25.0 Å². The van der Waals surface area contributed by atoms with E-state index in [0.717, 1.165) is 11.1 Å². The number of amides is 2. The Hall–Kier alpha value is -3.86. The van der Waals surface area contributed by atoms with E-state index >= 15 is 0 Å². The van der Waals surface area contributed by atoms with E-state index in [4.69, 9.17) is 4.74 Å². The van der Waals surface area contributed by atoms with Crippen LogP contribution in [0.5, 0.6) is 5.75 Å². The van der Waals surface area contributed by atoms with E-state index in [2.05, 4.69) is 0 Å². The number of imide groups is 1. The number of benzene rings is 3. The minimum absolute atomic E-state index is 0.334. The topological polar surface area (TPSA) is 49.9 Å². The first-order valence-electron chi connectivity index (χ1n) is 10.8. The van der Waals surface area contributed by atoms with Gasteiger partial charge in [-0.25, -0.2) is 4.90 Å². The Labute approximate surface area is 188 Å². The highest BCUT2D eigenvalue weighted by Gasteiger charge is 2.43. The fourth-order valence-corrected chi connectivity index (χ4v) is 3.97. The number of rotatable bonds is 8. The number of likely N-dealkylation sites (N-methyl/N-ethyl adjacent to an activating group) is 1. The minimum Gasteiger partial charge on any atom is -0.492 e. The number of nitrogens with zero attached hydrogens (tertiary/aromatic N) is 2. The smallest absolute Gasteiger partial charge is 0.282 e. The first-order chi connectivity index (χ1) is 15.7. The van der Waals surface area contributed by atoms with Gasteiger partial charge in [0.05, 0.1) is 17.9 Å². The SMILES string of the molecule is CCOc1ccccc1N1C(=O)C(c2ccccc2)=C(N(CC)Cc2ccccc2)C1=O. The molecule has 5 nitrogen and oxygen atoms in total. The number of hydrogen-bond donors (Lipinski definition) is 0. The molecule has 1 heterocycles. The minimum atomic E-state index is -0.338. The molecular weight excluding hydrogens is 400 g/mol. The van der Waals surface area contributed by atoms with Crippen molar-refractivity contribution in [3.8, 4) is 5.75 Å². The highest BCUT2D eigenvalue weighted by atomic mass is 16.5. The maximum absolute atomic E-state index is 13.8. The van der Waals surface area contributed by atoms with Crippen molar-refractivity contribution in [3.63, 3.8) is 0 Å². The first-order valence-corrected chi connectivity index (χ1v) is 10.8. The fourth-order valence-electron chi connectivity index (χ4n) is 3.97. The molecule has 0 spiro atoms. The van der Waals surface area contributed by atoms with Crippen molar-refractivity contribution in [1.82, 2.24) is 4.90 Å². The van der Waals surface area contributed by atoms with Crippen LogP contribution in [-0.4, -0.2) is 29.9 Å². The number of carbonyl (C=O) groups is 2. The Bertz CT molecular complexity index is 1140. The van der Waals surface area contributed by atoms with Gasteiger partial charge in [0, 0.05) is 13.1 Å². The first kappa shape index (κ1) is 21.4. The Kier molecular flexibility index (Phi) is 6.36. The van der Waals surface area contributed by atoms with Crippen molar-refractivity contribution < 1.29 is 14.3 Å². The summed E-state index contributed by atoms with van der Waals surface area (Å²) in [6, 6.07) is 26.5. The molecule has 0 unspecified atom stereocenters. The van der Waals surface area contributed by atoms with Gasteiger partial charge in [-0.1, -0.05) is 72.8 Å². The van der Waals surface area contributed by atoms with Gasteiger partial charge in [0.2, 0.25) is 0 Å². The Morgan fingerprint density at radius 3 is 2.06 bits per heavy atom. The largest absolute Gasteiger partial charge is 0.492 e. The summed E-state index contributed by atoms with van der Waals surface area (Å²) in [5.41, 5.74) is 3.09. The van der Waals surface area contributed by atoms with Gasteiger partial charge < -0.3 is 9.64 Å². The molecular formula is C27H26N2O3. The molecule has 0 aromatic heterocycles. The number of carbonyl (C=O) groups excluding carboxylic acids is 2. The van der Waals surface area contributed by atoms with E-state index in [1.54, 1.807) is 18.2 Å². The van der Waals surface area contributed by atoms with Gasteiger partial charge in [0.1, 0.15) is 11.4 Å². The third-order valence-corrected chi connectivity index (χ3v) is 5.44. The van der Waals surface area contributed by atoms with E-state index in [9.17, 15) is 9.59 Å². The van der Waals surface area contributed by atoms with E-state index in [-0.39, 0.29) is 11.8 Å². The lowest BCUT2D eigenvalue weighted by Crippen LogP contribution is -2.35. The Morgan fingerprint density at radius 1 is 0.781 bits per heavy atom. The van der Waals surface area contributed by atoms with Gasteiger partial charge in [0.15, 0.2) is 0 Å². The summed E-state index contributed by atoms with van der Waals surface area (Å²) in [4.78, 5) is 30.7. The van der Waals surface area contributed by atoms with Gasteiger partial charge in [-0.2, -0.15) is 0 Å². The average Bonchev–Trinajstić information content (AvgIpc) is 3.09. The molecule has 2 amide bonds. The van der Waals surface area contributed by atoms with Crippen LogP contribution >= 0.6 is 0 Å².